The highest BCUT2D eigenvalue weighted by molar-refractivity contribution is 5.77. The van der Waals surface area contributed by atoms with Gasteiger partial charge in [-0.15, -0.1) is 0 Å². The minimum absolute atomic E-state index is 0.00231. The molecule has 76 valence electrons. The lowest BCUT2D eigenvalue weighted by molar-refractivity contribution is -0.158. The molecule has 3 heteroatoms. The second-order valence-corrected chi connectivity index (χ2v) is 5.17. The van der Waals surface area contributed by atoms with Gasteiger partial charge in [0, 0.05) is 0 Å². The molecule has 0 saturated heterocycles. The van der Waals surface area contributed by atoms with E-state index in [0.717, 1.165) is 12.8 Å². The summed E-state index contributed by atoms with van der Waals surface area (Å²) in [6, 6.07) is -0.452. The van der Waals surface area contributed by atoms with Gasteiger partial charge in [-0.25, -0.2) is 0 Å². The van der Waals surface area contributed by atoms with Gasteiger partial charge in [-0.3, -0.25) is 4.79 Å². The average Bonchev–Trinajstić information content (AvgIpc) is 2.64. The van der Waals surface area contributed by atoms with E-state index in [9.17, 15) is 4.79 Å². The topological polar surface area (TPSA) is 52.3 Å². The molecule has 1 aliphatic rings. The normalized spacial score (nSPS) is 22.2. The molecule has 1 atom stereocenters. The van der Waals surface area contributed by atoms with E-state index in [1.807, 2.05) is 27.7 Å². The fourth-order valence-corrected chi connectivity index (χ4v) is 1.16. The molecule has 0 aromatic rings. The molecule has 1 aliphatic carbocycles. The number of hydrogen-bond acceptors (Lipinski definition) is 3. The third-order valence-corrected chi connectivity index (χ3v) is 2.45. The fourth-order valence-electron chi connectivity index (χ4n) is 1.16. The second kappa shape index (κ2) is 2.98. The smallest absolute Gasteiger partial charge is 0.323 e. The first-order valence-corrected chi connectivity index (χ1v) is 4.73. The number of ether oxygens (including phenoxy) is 1. The summed E-state index contributed by atoms with van der Waals surface area (Å²) >= 11 is 0. The Kier molecular flexibility index (Phi) is 2.41. The Labute approximate surface area is 79.6 Å². The predicted octanol–water partition coefficient (Wildman–Crippen LogP) is 1.46. The Morgan fingerprint density at radius 2 is 1.92 bits per heavy atom. The van der Waals surface area contributed by atoms with Gasteiger partial charge in [-0.1, -0.05) is 6.92 Å². The molecule has 0 bridgehead atoms. The zero-order valence-electron chi connectivity index (χ0n) is 8.89. The Bertz CT molecular complexity index is 213. The maximum absolute atomic E-state index is 11.5. The number of nitrogens with two attached hydrogens (primary N) is 1. The van der Waals surface area contributed by atoms with Crippen LogP contribution in [0.5, 0.6) is 0 Å². The predicted molar refractivity (Wildman–Crippen MR) is 51.2 cm³/mol. The molecule has 3 nitrogen and oxygen atoms in total. The van der Waals surface area contributed by atoms with Gasteiger partial charge in [0.1, 0.15) is 11.6 Å². The van der Waals surface area contributed by atoms with Gasteiger partial charge in [0.25, 0.3) is 0 Å². The number of carbonyl (C=O) groups is 1. The zero-order valence-corrected chi connectivity index (χ0v) is 8.89. The van der Waals surface area contributed by atoms with Crippen LogP contribution in [0.1, 0.15) is 40.5 Å². The number of rotatable bonds is 2. The minimum Gasteiger partial charge on any atom is -0.459 e. The van der Waals surface area contributed by atoms with E-state index in [-0.39, 0.29) is 11.4 Å². The van der Waals surface area contributed by atoms with Crippen molar-refractivity contribution in [2.45, 2.75) is 52.2 Å². The molecule has 0 heterocycles. The van der Waals surface area contributed by atoms with Gasteiger partial charge >= 0.3 is 5.97 Å². The van der Waals surface area contributed by atoms with E-state index < -0.39 is 11.6 Å². The average molecular weight is 185 g/mol. The molecule has 1 fully saturated rings. The molecule has 0 amide bonds. The Balaban J connectivity index is 2.49. The minimum atomic E-state index is -0.452. The van der Waals surface area contributed by atoms with Crippen molar-refractivity contribution in [2.24, 2.45) is 11.1 Å². The van der Waals surface area contributed by atoms with Crippen molar-refractivity contribution in [1.82, 2.24) is 0 Å². The van der Waals surface area contributed by atoms with Crippen LogP contribution in [-0.4, -0.2) is 17.6 Å². The largest absolute Gasteiger partial charge is 0.459 e. The highest BCUT2D eigenvalue weighted by Gasteiger charge is 2.47. The van der Waals surface area contributed by atoms with Crippen molar-refractivity contribution >= 4 is 5.97 Å². The van der Waals surface area contributed by atoms with Crippen LogP contribution in [0.15, 0.2) is 0 Å². The monoisotopic (exact) mass is 185 g/mol. The summed E-state index contributed by atoms with van der Waals surface area (Å²) < 4.78 is 5.20. The zero-order chi connectivity index (χ0) is 10.3. The third kappa shape index (κ3) is 2.69. The highest BCUT2D eigenvalue weighted by Crippen LogP contribution is 2.47. The van der Waals surface area contributed by atoms with E-state index >= 15 is 0 Å². The molecule has 1 saturated carbocycles. The Morgan fingerprint density at radius 1 is 1.46 bits per heavy atom. The molecule has 13 heavy (non-hydrogen) atoms. The van der Waals surface area contributed by atoms with Crippen LogP contribution in [0, 0.1) is 5.41 Å². The molecule has 0 aliphatic heterocycles. The number of carbonyl (C=O) groups excluding carboxylic acids is 1. The van der Waals surface area contributed by atoms with Crippen LogP contribution in [0.25, 0.3) is 0 Å². The lowest BCUT2D eigenvalue weighted by Crippen LogP contribution is -2.42. The molecular formula is C10H19NO2. The summed E-state index contributed by atoms with van der Waals surface area (Å²) in [5.41, 5.74) is 5.36. The maximum Gasteiger partial charge on any atom is 0.323 e. The van der Waals surface area contributed by atoms with Crippen LogP contribution in [0.4, 0.5) is 0 Å². The first-order chi connectivity index (χ1) is 5.75. The van der Waals surface area contributed by atoms with E-state index in [1.54, 1.807) is 0 Å². The summed E-state index contributed by atoms with van der Waals surface area (Å²) in [4.78, 5) is 11.5. The van der Waals surface area contributed by atoms with Crippen molar-refractivity contribution in [3.8, 4) is 0 Å². The summed E-state index contributed by atoms with van der Waals surface area (Å²) in [6.45, 7) is 7.59. The van der Waals surface area contributed by atoms with E-state index in [0.29, 0.717) is 0 Å². The molecule has 1 rings (SSSR count). The number of hydrogen-bond donors (Lipinski definition) is 1. The van der Waals surface area contributed by atoms with Crippen LogP contribution in [0.3, 0.4) is 0 Å². The van der Waals surface area contributed by atoms with E-state index in [4.69, 9.17) is 10.5 Å². The standard InChI is InChI=1S/C10H19NO2/c1-9(2,3)13-8(12)7(11)10(4)5-6-10/h7H,5-6,11H2,1-4H3. The summed E-state index contributed by atoms with van der Waals surface area (Å²) in [5.74, 6) is -0.271. The Morgan fingerprint density at radius 3 is 2.23 bits per heavy atom. The lowest BCUT2D eigenvalue weighted by Gasteiger charge is -2.24. The van der Waals surface area contributed by atoms with Crippen LogP contribution in [-0.2, 0) is 9.53 Å². The third-order valence-electron chi connectivity index (χ3n) is 2.45. The molecule has 0 spiro atoms. The van der Waals surface area contributed by atoms with Crippen molar-refractivity contribution in [3.05, 3.63) is 0 Å². The van der Waals surface area contributed by atoms with Crippen molar-refractivity contribution in [2.75, 3.05) is 0 Å². The van der Waals surface area contributed by atoms with Gasteiger partial charge in [-0.2, -0.15) is 0 Å². The second-order valence-electron chi connectivity index (χ2n) is 5.17. The van der Waals surface area contributed by atoms with Gasteiger partial charge < -0.3 is 10.5 Å². The summed E-state index contributed by atoms with van der Waals surface area (Å²) in [7, 11) is 0. The maximum atomic E-state index is 11.5. The number of esters is 1. The molecular weight excluding hydrogens is 166 g/mol. The van der Waals surface area contributed by atoms with Gasteiger partial charge in [0.15, 0.2) is 0 Å². The lowest BCUT2D eigenvalue weighted by atomic mass is 10.00. The quantitative estimate of drug-likeness (QED) is 0.662. The van der Waals surface area contributed by atoms with Crippen molar-refractivity contribution < 1.29 is 9.53 Å². The SMILES string of the molecule is CC(C)(C)OC(=O)C(N)C1(C)CC1. The molecule has 0 radical (unpaired) electrons. The fraction of sp³-hybridized carbons (Fsp3) is 0.900. The first kappa shape index (κ1) is 10.5. The Hall–Kier alpha value is -0.570. The van der Waals surface area contributed by atoms with Gasteiger partial charge in [0.2, 0.25) is 0 Å². The van der Waals surface area contributed by atoms with E-state index in [1.165, 1.54) is 0 Å². The molecule has 1 unspecified atom stereocenters. The van der Waals surface area contributed by atoms with E-state index in [2.05, 4.69) is 0 Å². The van der Waals surface area contributed by atoms with Gasteiger partial charge in [0.05, 0.1) is 0 Å². The van der Waals surface area contributed by atoms with Crippen LogP contribution < -0.4 is 5.73 Å². The molecule has 2 N–H and O–H groups in total. The summed E-state index contributed by atoms with van der Waals surface area (Å²) in [5, 5.41) is 0. The van der Waals surface area contributed by atoms with Crippen LogP contribution >= 0.6 is 0 Å². The highest BCUT2D eigenvalue weighted by atomic mass is 16.6. The van der Waals surface area contributed by atoms with Gasteiger partial charge in [-0.05, 0) is 39.0 Å². The molecule has 0 aromatic heterocycles. The van der Waals surface area contributed by atoms with Crippen molar-refractivity contribution in [1.29, 1.82) is 0 Å². The summed E-state index contributed by atoms with van der Waals surface area (Å²) in [6.07, 6.45) is 2.07. The molecule has 0 aromatic carbocycles. The van der Waals surface area contributed by atoms with Crippen molar-refractivity contribution in [3.63, 3.8) is 0 Å². The van der Waals surface area contributed by atoms with Crippen LogP contribution in [0.2, 0.25) is 0 Å². The first-order valence-electron chi connectivity index (χ1n) is 4.73.